The number of nitrogens with two attached hydrogens (primary N) is 1. The monoisotopic (exact) mass is 428 g/mol. The molecule has 0 bridgehead atoms. The average molecular weight is 429 g/mol. The number of fused-ring (bicyclic) bond motifs is 1. The Hall–Kier alpha value is -2.52. The van der Waals surface area contributed by atoms with Crippen molar-refractivity contribution in [1.29, 1.82) is 0 Å². The predicted molar refractivity (Wildman–Crippen MR) is 120 cm³/mol. The molecule has 8 nitrogen and oxygen atoms in total. The lowest BCUT2D eigenvalue weighted by molar-refractivity contribution is 0.122. The third-order valence-electron chi connectivity index (χ3n) is 5.14. The van der Waals surface area contributed by atoms with Gasteiger partial charge in [0.15, 0.2) is 22.1 Å². The van der Waals surface area contributed by atoms with Crippen LogP contribution in [0.1, 0.15) is 25.2 Å². The summed E-state index contributed by atoms with van der Waals surface area (Å²) in [4.78, 5) is 16.8. The van der Waals surface area contributed by atoms with Gasteiger partial charge in [-0.3, -0.25) is 0 Å². The average Bonchev–Trinajstić information content (AvgIpc) is 3.10. The van der Waals surface area contributed by atoms with Crippen molar-refractivity contribution in [1.82, 2.24) is 19.5 Å². The van der Waals surface area contributed by atoms with Crippen LogP contribution >= 0.6 is 11.8 Å². The Morgan fingerprint density at radius 1 is 1.17 bits per heavy atom. The maximum absolute atomic E-state index is 6.11. The van der Waals surface area contributed by atoms with E-state index in [1.54, 1.807) is 11.8 Å². The van der Waals surface area contributed by atoms with Crippen LogP contribution in [0.15, 0.2) is 23.4 Å². The van der Waals surface area contributed by atoms with E-state index in [0.717, 1.165) is 64.5 Å². The summed E-state index contributed by atoms with van der Waals surface area (Å²) in [6.45, 7) is 7.67. The maximum Gasteiger partial charge on any atom is 0.191 e. The number of benzene rings is 1. The standard InChI is InChI=1S/C21H28N6O2S/c1-4-17-23-18-19(26(17)3)24-21(25-20(18)27-8-10-28-11-9-27)30-13-14-6-7-16(29-5-2)15(22)12-14/h6-7,12H,4-5,8-11,13,22H2,1-3H3. The Morgan fingerprint density at radius 2 is 1.97 bits per heavy atom. The van der Waals surface area contributed by atoms with Crippen LogP contribution in [0.4, 0.5) is 11.5 Å². The Balaban J connectivity index is 1.63. The summed E-state index contributed by atoms with van der Waals surface area (Å²) in [6, 6.07) is 5.92. The van der Waals surface area contributed by atoms with Gasteiger partial charge in [0.25, 0.3) is 0 Å². The molecule has 9 heteroatoms. The lowest BCUT2D eigenvalue weighted by Crippen LogP contribution is -2.37. The fourth-order valence-electron chi connectivity index (χ4n) is 3.57. The number of ether oxygens (including phenoxy) is 2. The molecule has 0 atom stereocenters. The largest absolute Gasteiger partial charge is 0.492 e. The van der Waals surface area contributed by atoms with Crippen molar-refractivity contribution >= 4 is 34.4 Å². The molecule has 1 fully saturated rings. The van der Waals surface area contributed by atoms with Crippen LogP contribution in [-0.2, 0) is 24.0 Å². The van der Waals surface area contributed by atoms with E-state index in [1.807, 2.05) is 32.2 Å². The number of hydrogen-bond donors (Lipinski definition) is 1. The van der Waals surface area contributed by atoms with E-state index in [-0.39, 0.29) is 0 Å². The fourth-order valence-corrected chi connectivity index (χ4v) is 4.35. The molecule has 1 saturated heterocycles. The first-order chi connectivity index (χ1) is 14.6. The second kappa shape index (κ2) is 9.09. The first-order valence-electron chi connectivity index (χ1n) is 10.3. The number of imidazole rings is 1. The summed E-state index contributed by atoms with van der Waals surface area (Å²) >= 11 is 1.60. The van der Waals surface area contributed by atoms with E-state index in [9.17, 15) is 0 Å². The van der Waals surface area contributed by atoms with Gasteiger partial charge in [-0.1, -0.05) is 24.8 Å². The van der Waals surface area contributed by atoms with Crippen molar-refractivity contribution < 1.29 is 9.47 Å². The molecule has 1 aromatic carbocycles. The normalized spacial score (nSPS) is 14.4. The molecule has 160 valence electrons. The number of nitrogen functional groups attached to an aromatic ring is 1. The summed E-state index contributed by atoms with van der Waals surface area (Å²) in [5.41, 5.74) is 9.61. The van der Waals surface area contributed by atoms with E-state index < -0.39 is 0 Å². The zero-order valence-electron chi connectivity index (χ0n) is 17.7. The fraction of sp³-hybridized carbons (Fsp3) is 0.476. The van der Waals surface area contributed by atoms with E-state index in [0.29, 0.717) is 25.5 Å². The molecule has 0 aliphatic carbocycles. The van der Waals surface area contributed by atoms with Crippen molar-refractivity contribution in [2.75, 3.05) is 43.5 Å². The second-order valence-electron chi connectivity index (χ2n) is 7.14. The van der Waals surface area contributed by atoms with Crippen molar-refractivity contribution in [2.45, 2.75) is 31.2 Å². The van der Waals surface area contributed by atoms with Crippen molar-refractivity contribution in [3.8, 4) is 5.75 Å². The topological polar surface area (TPSA) is 91.3 Å². The highest BCUT2D eigenvalue weighted by atomic mass is 32.2. The van der Waals surface area contributed by atoms with Gasteiger partial charge < -0.3 is 24.7 Å². The summed E-state index contributed by atoms with van der Waals surface area (Å²) in [7, 11) is 2.02. The molecule has 3 aromatic rings. The van der Waals surface area contributed by atoms with Gasteiger partial charge >= 0.3 is 0 Å². The highest BCUT2D eigenvalue weighted by Crippen LogP contribution is 2.30. The zero-order chi connectivity index (χ0) is 21.1. The Bertz CT molecular complexity index is 1030. The van der Waals surface area contributed by atoms with Gasteiger partial charge in [0.1, 0.15) is 11.6 Å². The molecule has 0 spiro atoms. The number of hydrogen-bond acceptors (Lipinski definition) is 8. The van der Waals surface area contributed by atoms with Crippen molar-refractivity contribution in [2.24, 2.45) is 7.05 Å². The smallest absolute Gasteiger partial charge is 0.191 e. The van der Waals surface area contributed by atoms with Gasteiger partial charge in [0.2, 0.25) is 0 Å². The molecule has 0 amide bonds. The number of morpholine rings is 1. The molecule has 4 rings (SSSR count). The minimum Gasteiger partial charge on any atom is -0.492 e. The molecule has 30 heavy (non-hydrogen) atoms. The van der Waals surface area contributed by atoms with E-state index in [1.165, 1.54) is 0 Å². The number of anilines is 2. The number of rotatable bonds is 7. The highest BCUT2D eigenvalue weighted by molar-refractivity contribution is 7.98. The van der Waals surface area contributed by atoms with Gasteiger partial charge in [-0.05, 0) is 24.6 Å². The molecule has 0 saturated carbocycles. The van der Waals surface area contributed by atoms with Gasteiger partial charge in [0.05, 0.1) is 25.5 Å². The van der Waals surface area contributed by atoms with Crippen LogP contribution in [0.25, 0.3) is 11.2 Å². The molecule has 0 radical (unpaired) electrons. The van der Waals surface area contributed by atoms with Crippen molar-refractivity contribution in [3.63, 3.8) is 0 Å². The third-order valence-corrected chi connectivity index (χ3v) is 6.06. The number of aryl methyl sites for hydroxylation is 2. The van der Waals surface area contributed by atoms with Gasteiger partial charge in [-0.15, -0.1) is 0 Å². The summed E-state index contributed by atoms with van der Waals surface area (Å²) in [5.74, 6) is 3.35. The van der Waals surface area contributed by atoms with E-state index in [2.05, 4.69) is 16.4 Å². The number of aromatic nitrogens is 4. The zero-order valence-corrected chi connectivity index (χ0v) is 18.5. The molecule has 2 N–H and O–H groups in total. The Labute approximate surface area is 180 Å². The van der Waals surface area contributed by atoms with Gasteiger partial charge in [0, 0.05) is 32.3 Å². The minimum absolute atomic E-state index is 0.598. The van der Waals surface area contributed by atoms with Crippen LogP contribution in [0.2, 0.25) is 0 Å². The summed E-state index contributed by atoms with van der Waals surface area (Å²) in [6.07, 6.45) is 0.851. The van der Waals surface area contributed by atoms with Gasteiger partial charge in [-0.2, -0.15) is 0 Å². The van der Waals surface area contributed by atoms with E-state index in [4.69, 9.17) is 30.2 Å². The Kier molecular flexibility index (Phi) is 6.29. The molecular weight excluding hydrogens is 400 g/mol. The SMILES string of the molecule is CCOc1ccc(CSc2nc(N3CCOCC3)c3nc(CC)n(C)c3n2)cc1N. The molecule has 3 heterocycles. The lowest BCUT2D eigenvalue weighted by atomic mass is 10.2. The van der Waals surface area contributed by atoms with Crippen molar-refractivity contribution in [3.05, 3.63) is 29.6 Å². The maximum atomic E-state index is 6.11. The second-order valence-corrected chi connectivity index (χ2v) is 8.08. The molecule has 1 aliphatic heterocycles. The molecule has 0 unspecified atom stereocenters. The van der Waals surface area contributed by atoms with Crippen LogP contribution in [-0.4, -0.2) is 52.4 Å². The van der Waals surface area contributed by atoms with E-state index >= 15 is 0 Å². The van der Waals surface area contributed by atoms with Crippen LogP contribution in [0.3, 0.4) is 0 Å². The molecule has 1 aliphatic rings. The molecular formula is C21H28N6O2S. The third kappa shape index (κ3) is 4.17. The number of thioether (sulfide) groups is 1. The van der Waals surface area contributed by atoms with Crippen LogP contribution < -0.4 is 15.4 Å². The first kappa shape index (κ1) is 20.7. The lowest BCUT2D eigenvalue weighted by Gasteiger charge is -2.28. The quantitative estimate of drug-likeness (QED) is 0.349. The summed E-state index contributed by atoms with van der Waals surface area (Å²) < 4.78 is 13.1. The molecule has 2 aromatic heterocycles. The highest BCUT2D eigenvalue weighted by Gasteiger charge is 2.21. The minimum atomic E-state index is 0.598. The predicted octanol–water partition coefficient (Wildman–Crippen LogP) is 3.04. The summed E-state index contributed by atoms with van der Waals surface area (Å²) in [5, 5.41) is 0.738. The van der Waals surface area contributed by atoms with Crippen LogP contribution in [0.5, 0.6) is 5.75 Å². The van der Waals surface area contributed by atoms with Crippen LogP contribution in [0, 0.1) is 0 Å². The van der Waals surface area contributed by atoms with Gasteiger partial charge in [-0.25, -0.2) is 15.0 Å². The first-order valence-corrected chi connectivity index (χ1v) is 11.3. The Morgan fingerprint density at radius 3 is 2.67 bits per heavy atom. The number of nitrogens with zero attached hydrogens (tertiary/aromatic N) is 5.